The molecule has 0 radical (unpaired) electrons. The van der Waals surface area contributed by atoms with Crippen LogP contribution in [0.5, 0.6) is 0 Å². The van der Waals surface area contributed by atoms with Crippen LogP contribution in [0.4, 0.5) is 0 Å². The largest absolute Gasteiger partial charge is 0.294 e. The van der Waals surface area contributed by atoms with Gasteiger partial charge in [0.05, 0.1) is 0 Å². The van der Waals surface area contributed by atoms with Gasteiger partial charge in [-0.05, 0) is 39.7 Å². The lowest BCUT2D eigenvalue weighted by Gasteiger charge is -2.12. The number of nitrogens with zero attached hydrogens (tertiary/aromatic N) is 1. The maximum Gasteiger partial charge on any atom is 0.161 e. The molecule has 1 heterocycles. The smallest absolute Gasteiger partial charge is 0.161 e. The van der Waals surface area contributed by atoms with Gasteiger partial charge in [-0.25, -0.2) is 0 Å². The van der Waals surface area contributed by atoms with Crippen LogP contribution in [0.25, 0.3) is 6.08 Å². The quantitative estimate of drug-likeness (QED) is 0.769. The molecule has 1 aromatic heterocycles. The Bertz CT molecular complexity index is 391. The minimum atomic E-state index is -0.323. The molecule has 80 valence electrons. The molecule has 0 spiro atoms. The van der Waals surface area contributed by atoms with E-state index in [0.29, 0.717) is 0 Å². The molecule has 0 aliphatic carbocycles. The van der Waals surface area contributed by atoms with E-state index in [1.54, 1.807) is 24.5 Å². The first-order valence-electron chi connectivity index (χ1n) is 4.72. The summed E-state index contributed by atoms with van der Waals surface area (Å²) >= 11 is 3.33. The summed E-state index contributed by atoms with van der Waals surface area (Å²) in [7, 11) is 0. The average Bonchev–Trinajstić information content (AvgIpc) is 2.12. The molecular weight excluding hydrogens is 254 g/mol. The van der Waals surface area contributed by atoms with E-state index >= 15 is 0 Å². The number of hydrogen-bond acceptors (Lipinski definition) is 2. The molecule has 0 aliphatic rings. The van der Waals surface area contributed by atoms with E-state index in [1.807, 2.05) is 26.8 Å². The molecule has 0 aliphatic heterocycles. The maximum absolute atomic E-state index is 11.6. The molecule has 0 bridgehead atoms. The van der Waals surface area contributed by atoms with Gasteiger partial charge >= 0.3 is 0 Å². The third kappa shape index (κ3) is 3.96. The maximum atomic E-state index is 11.6. The summed E-state index contributed by atoms with van der Waals surface area (Å²) in [6.07, 6.45) is 6.81. The van der Waals surface area contributed by atoms with Crippen LogP contribution in [-0.4, -0.2) is 10.8 Å². The van der Waals surface area contributed by atoms with Crippen molar-refractivity contribution in [2.45, 2.75) is 20.8 Å². The summed E-state index contributed by atoms with van der Waals surface area (Å²) in [5.74, 6) is 0.113. The Labute approximate surface area is 98.5 Å². The van der Waals surface area contributed by atoms with Gasteiger partial charge in [-0.3, -0.25) is 9.78 Å². The molecule has 1 rings (SSSR count). The van der Waals surface area contributed by atoms with Gasteiger partial charge < -0.3 is 0 Å². The Morgan fingerprint density at radius 1 is 1.40 bits per heavy atom. The lowest BCUT2D eigenvalue weighted by Crippen LogP contribution is -2.17. The summed E-state index contributed by atoms with van der Waals surface area (Å²) < 4.78 is 0.910. The number of ketones is 1. The van der Waals surface area contributed by atoms with Gasteiger partial charge in [-0.1, -0.05) is 20.8 Å². The second-order valence-corrected chi connectivity index (χ2v) is 5.30. The van der Waals surface area contributed by atoms with Gasteiger partial charge in [0.25, 0.3) is 0 Å². The van der Waals surface area contributed by atoms with Gasteiger partial charge in [0, 0.05) is 22.3 Å². The van der Waals surface area contributed by atoms with Gasteiger partial charge in [0.2, 0.25) is 0 Å². The molecule has 0 N–H and O–H groups in total. The molecular formula is C12H14BrNO. The fourth-order valence-corrected chi connectivity index (χ4v) is 1.32. The first kappa shape index (κ1) is 12.1. The fourth-order valence-electron chi connectivity index (χ4n) is 0.941. The highest BCUT2D eigenvalue weighted by Gasteiger charge is 2.17. The number of rotatable bonds is 2. The van der Waals surface area contributed by atoms with Crippen LogP contribution in [0, 0.1) is 5.41 Å². The number of pyridine rings is 1. The predicted octanol–water partition coefficient (Wildman–Crippen LogP) is 3.47. The minimum Gasteiger partial charge on any atom is -0.294 e. The zero-order valence-corrected chi connectivity index (χ0v) is 10.7. The van der Waals surface area contributed by atoms with E-state index < -0.39 is 0 Å². The predicted molar refractivity (Wildman–Crippen MR) is 65.4 cm³/mol. The van der Waals surface area contributed by atoms with Crippen molar-refractivity contribution in [3.8, 4) is 0 Å². The highest BCUT2D eigenvalue weighted by atomic mass is 79.9. The molecule has 0 unspecified atom stereocenters. The Kier molecular flexibility index (Phi) is 3.80. The zero-order valence-electron chi connectivity index (χ0n) is 9.12. The first-order chi connectivity index (χ1) is 6.89. The van der Waals surface area contributed by atoms with Crippen molar-refractivity contribution in [3.63, 3.8) is 0 Å². The highest BCUT2D eigenvalue weighted by molar-refractivity contribution is 9.10. The average molecular weight is 268 g/mol. The first-order valence-corrected chi connectivity index (χ1v) is 5.52. The van der Waals surface area contributed by atoms with Crippen molar-refractivity contribution < 1.29 is 4.79 Å². The molecule has 15 heavy (non-hydrogen) atoms. The number of carbonyl (C=O) groups excluding carboxylic acids is 1. The monoisotopic (exact) mass is 267 g/mol. The van der Waals surface area contributed by atoms with E-state index in [0.717, 1.165) is 10.0 Å². The fraction of sp³-hybridized carbons (Fsp3) is 0.333. The summed E-state index contributed by atoms with van der Waals surface area (Å²) in [6.45, 7) is 5.70. The standard InChI is InChI=1S/C12H14BrNO/c1-12(2,3)11(15)5-4-9-6-10(13)8-14-7-9/h4-8H,1-3H3. The van der Waals surface area contributed by atoms with Crippen molar-refractivity contribution in [3.05, 3.63) is 34.6 Å². The Morgan fingerprint density at radius 3 is 2.60 bits per heavy atom. The van der Waals surface area contributed by atoms with E-state index in [2.05, 4.69) is 20.9 Å². The van der Waals surface area contributed by atoms with Gasteiger partial charge in [-0.15, -0.1) is 0 Å². The second-order valence-electron chi connectivity index (χ2n) is 4.38. The number of carbonyl (C=O) groups is 1. The Hall–Kier alpha value is -0.960. The van der Waals surface area contributed by atoms with E-state index in [4.69, 9.17) is 0 Å². The molecule has 0 saturated heterocycles. The van der Waals surface area contributed by atoms with Crippen molar-refractivity contribution in [2.75, 3.05) is 0 Å². The van der Waals surface area contributed by atoms with E-state index in [9.17, 15) is 4.79 Å². The summed E-state index contributed by atoms with van der Waals surface area (Å²) in [6, 6.07) is 1.92. The van der Waals surface area contributed by atoms with Crippen molar-refractivity contribution in [1.29, 1.82) is 0 Å². The molecule has 0 saturated carbocycles. The second kappa shape index (κ2) is 4.71. The van der Waals surface area contributed by atoms with Crippen LogP contribution in [0.1, 0.15) is 26.3 Å². The molecule has 0 atom stereocenters. The third-order valence-corrected chi connectivity index (χ3v) is 2.33. The van der Waals surface area contributed by atoms with Crippen LogP contribution in [0.3, 0.4) is 0 Å². The molecule has 0 aromatic carbocycles. The van der Waals surface area contributed by atoms with Gasteiger partial charge in [-0.2, -0.15) is 0 Å². The van der Waals surface area contributed by atoms with E-state index in [-0.39, 0.29) is 11.2 Å². The number of allylic oxidation sites excluding steroid dienone is 1. The van der Waals surface area contributed by atoms with Crippen LogP contribution >= 0.6 is 15.9 Å². The number of aromatic nitrogens is 1. The van der Waals surface area contributed by atoms with Crippen LogP contribution < -0.4 is 0 Å². The number of hydrogen-bond donors (Lipinski definition) is 0. The molecule has 0 fully saturated rings. The lowest BCUT2D eigenvalue weighted by atomic mass is 9.90. The third-order valence-electron chi connectivity index (χ3n) is 1.89. The topological polar surface area (TPSA) is 30.0 Å². The van der Waals surface area contributed by atoms with Gasteiger partial charge in [0.1, 0.15) is 0 Å². The van der Waals surface area contributed by atoms with E-state index in [1.165, 1.54) is 0 Å². The SMILES string of the molecule is CC(C)(C)C(=O)C=Cc1cncc(Br)c1. The summed E-state index contributed by atoms with van der Waals surface area (Å²) in [5.41, 5.74) is 0.595. The Balaban J connectivity index is 2.79. The molecule has 0 amide bonds. The van der Waals surface area contributed by atoms with Crippen molar-refractivity contribution in [2.24, 2.45) is 5.41 Å². The van der Waals surface area contributed by atoms with Crippen molar-refractivity contribution in [1.82, 2.24) is 4.98 Å². The summed E-state index contributed by atoms with van der Waals surface area (Å²) in [4.78, 5) is 15.6. The summed E-state index contributed by atoms with van der Waals surface area (Å²) in [5, 5.41) is 0. The normalized spacial score (nSPS) is 12.0. The molecule has 2 nitrogen and oxygen atoms in total. The van der Waals surface area contributed by atoms with Crippen LogP contribution in [-0.2, 0) is 4.79 Å². The van der Waals surface area contributed by atoms with Crippen LogP contribution in [0.2, 0.25) is 0 Å². The highest BCUT2D eigenvalue weighted by Crippen LogP contribution is 2.16. The molecule has 1 aromatic rings. The lowest BCUT2D eigenvalue weighted by molar-refractivity contribution is -0.121. The van der Waals surface area contributed by atoms with Crippen LogP contribution in [0.15, 0.2) is 29.0 Å². The zero-order chi connectivity index (χ0) is 11.5. The minimum absolute atomic E-state index is 0.113. The Morgan fingerprint density at radius 2 is 2.07 bits per heavy atom. The molecule has 3 heteroatoms. The number of halogens is 1. The van der Waals surface area contributed by atoms with Gasteiger partial charge in [0.15, 0.2) is 5.78 Å². The van der Waals surface area contributed by atoms with Crippen molar-refractivity contribution >= 4 is 27.8 Å².